The van der Waals surface area contributed by atoms with Crippen molar-refractivity contribution in [3.05, 3.63) is 59.1 Å². The van der Waals surface area contributed by atoms with Crippen molar-refractivity contribution >= 4 is 23.5 Å². The highest BCUT2D eigenvalue weighted by Gasteiger charge is 2.58. The lowest BCUT2D eigenvalue weighted by molar-refractivity contribution is -0.132. The largest absolute Gasteiger partial charge is 0.338 e. The number of carbonyl (C=O) groups excluding carboxylic acids is 1. The summed E-state index contributed by atoms with van der Waals surface area (Å²) in [7, 11) is 0. The van der Waals surface area contributed by atoms with Gasteiger partial charge in [0, 0.05) is 17.1 Å². The molecule has 2 saturated heterocycles. The summed E-state index contributed by atoms with van der Waals surface area (Å²) < 4.78 is 0. The maximum atomic E-state index is 13.7. The average Bonchev–Trinajstić information content (AvgIpc) is 3.44. The molecule has 2 aromatic rings. The third-order valence-corrected chi connectivity index (χ3v) is 7.24. The first-order chi connectivity index (χ1) is 15.1. The Labute approximate surface area is 188 Å². The molecule has 1 saturated carbocycles. The van der Waals surface area contributed by atoms with Gasteiger partial charge in [-0.15, -0.1) is 0 Å². The number of nitrogens with one attached hydrogen (secondary N) is 2. The van der Waals surface area contributed by atoms with E-state index >= 15 is 0 Å². The first kappa shape index (κ1) is 20.5. The second-order valence-electron chi connectivity index (χ2n) is 8.98. The molecule has 162 valence electrons. The quantitative estimate of drug-likeness (QED) is 0.673. The normalized spacial score (nSPS) is 24.1. The van der Waals surface area contributed by atoms with Crippen LogP contribution in [0.4, 0.5) is 0 Å². The molecule has 0 aromatic heterocycles. The van der Waals surface area contributed by atoms with Gasteiger partial charge in [-0.05, 0) is 80.9 Å². The second-order valence-corrected chi connectivity index (χ2v) is 9.38. The van der Waals surface area contributed by atoms with Crippen molar-refractivity contribution in [1.82, 2.24) is 15.1 Å². The van der Waals surface area contributed by atoms with Crippen molar-refractivity contribution < 1.29 is 4.79 Å². The molecule has 5 rings (SSSR count). The average molecular weight is 437 g/mol. The molecule has 0 spiro atoms. The monoisotopic (exact) mass is 436 g/mol. The summed E-state index contributed by atoms with van der Waals surface area (Å²) in [6.45, 7) is 3.91. The van der Waals surface area contributed by atoms with Gasteiger partial charge in [0.2, 0.25) is 0 Å². The van der Waals surface area contributed by atoms with Gasteiger partial charge in [-0.2, -0.15) is 0 Å². The summed E-state index contributed by atoms with van der Waals surface area (Å²) in [5.41, 5.74) is 2.06. The Balaban J connectivity index is 1.41. The van der Waals surface area contributed by atoms with Crippen LogP contribution in [-0.2, 0) is 10.3 Å². The number of rotatable bonds is 7. The second kappa shape index (κ2) is 8.29. The smallest absolute Gasteiger partial charge is 0.259 e. The van der Waals surface area contributed by atoms with Crippen LogP contribution in [0.5, 0.6) is 0 Å². The van der Waals surface area contributed by atoms with Gasteiger partial charge in [0.25, 0.3) is 5.91 Å². The number of nitrogens with zero attached hydrogens (tertiary/aromatic N) is 2. The summed E-state index contributed by atoms with van der Waals surface area (Å²) in [6.07, 6.45) is 5.45. The summed E-state index contributed by atoms with van der Waals surface area (Å²) >= 11 is 6.44. The zero-order chi connectivity index (χ0) is 21.4. The number of likely N-dealkylation sites (tertiary alicyclic amines) is 1. The van der Waals surface area contributed by atoms with Crippen LogP contribution < -0.4 is 5.32 Å². The van der Waals surface area contributed by atoms with E-state index in [2.05, 4.69) is 16.3 Å². The highest BCUT2D eigenvalue weighted by molar-refractivity contribution is 6.33. The molecule has 31 heavy (non-hydrogen) atoms. The van der Waals surface area contributed by atoms with Gasteiger partial charge in [0.15, 0.2) is 5.96 Å². The number of hydrogen-bond acceptors (Lipinski definition) is 3. The number of carbonyl (C=O) groups is 1. The number of amides is 1. The Morgan fingerprint density at radius 2 is 1.84 bits per heavy atom. The van der Waals surface area contributed by atoms with E-state index in [1.807, 2.05) is 42.5 Å². The number of benzene rings is 2. The van der Waals surface area contributed by atoms with Crippen LogP contribution in [0.25, 0.3) is 11.1 Å². The fraction of sp³-hybridized carbons (Fsp3) is 0.440. The fourth-order valence-corrected chi connectivity index (χ4v) is 5.39. The lowest BCUT2D eigenvalue weighted by atomic mass is 9.83. The van der Waals surface area contributed by atoms with Crippen LogP contribution in [0.1, 0.15) is 37.7 Å². The van der Waals surface area contributed by atoms with Crippen LogP contribution in [0.2, 0.25) is 5.02 Å². The zero-order valence-electron chi connectivity index (χ0n) is 17.7. The zero-order valence-corrected chi connectivity index (χ0v) is 18.5. The SMILES string of the molecule is N=C1NC(c2cccc(-c3ccccc3Cl)c2)(C2CC2)C(=O)N1CCCN1CCCC1. The van der Waals surface area contributed by atoms with Crippen molar-refractivity contribution in [2.24, 2.45) is 5.92 Å². The molecular weight excluding hydrogens is 408 g/mol. The van der Waals surface area contributed by atoms with Gasteiger partial charge in [-0.3, -0.25) is 15.1 Å². The Hall–Kier alpha value is -2.37. The molecule has 1 unspecified atom stereocenters. The highest BCUT2D eigenvalue weighted by atomic mass is 35.5. The lowest BCUT2D eigenvalue weighted by Crippen LogP contribution is -2.46. The van der Waals surface area contributed by atoms with Crippen LogP contribution >= 0.6 is 11.6 Å². The molecule has 5 nitrogen and oxygen atoms in total. The molecule has 3 fully saturated rings. The molecule has 2 aliphatic heterocycles. The third-order valence-electron chi connectivity index (χ3n) is 6.92. The Bertz CT molecular complexity index is 999. The summed E-state index contributed by atoms with van der Waals surface area (Å²) in [5, 5.41) is 12.6. The van der Waals surface area contributed by atoms with E-state index in [0.29, 0.717) is 11.6 Å². The Kier molecular flexibility index (Phi) is 5.49. The molecule has 1 aliphatic carbocycles. The topological polar surface area (TPSA) is 59.4 Å². The minimum Gasteiger partial charge on any atom is -0.338 e. The van der Waals surface area contributed by atoms with Crippen molar-refractivity contribution in [2.45, 2.75) is 37.6 Å². The minimum atomic E-state index is -0.831. The molecule has 0 bridgehead atoms. The van der Waals surface area contributed by atoms with Crippen LogP contribution in [0.3, 0.4) is 0 Å². The third kappa shape index (κ3) is 3.74. The number of halogens is 1. The molecule has 6 heteroatoms. The number of guanidine groups is 1. The molecule has 1 amide bonds. The molecule has 2 aromatic carbocycles. The summed E-state index contributed by atoms with van der Waals surface area (Å²) in [5.74, 6) is 0.490. The van der Waals surface area contributed by atoms with Crippen molar-refractivity contribution in [3.63, 3.8) is 0 Å². The van der Waals surface area contributed by atoms with E-state index in [9.17, 15) is 4.79 Å². The van der Waals surface area contributed by atoms with Crippen molar-refractivity contribution in [2.75, 3.05) is 26.2 Å². The predicted molar refractivity (Wildman–Crippen MR) is 124 cm³/mol. The molecule has 0 radical (unpaired) electrons. The predicted octanol–water partition coefficient (Wildman–Crippen LogP) is 4.46. The van der Waals surface area contributed by atoms with Gasteiger partial charge >= 0.3 is 0 Å². The van der Waals surface area contributed by atoms with Crippen LogP contribution in [0.15, 0.2) is 48.5 Å². The van der Waals surface area contributed by atoms with E-state index in [4.69, 9.17) is 17.0 Å². The van der Waals surface area contributed by atoms with Crippen LogP contribution in [0, 0.1) is 11.3 Å². The van der Waals surface area contributed by atoms with Gasteiger partial charge in [0.05, 0.1) is 0 Å². The van der Waals surface area contributed by atoms with Crippen molar-refractivity contribution in [3.8, 4) is 11.1 Å². The molecule has 2 N–H and O–H groups in total. The first-order valence-electron chi connectivity index (χ1n) is 11.4. The van der Waals surface area contributed by atoms with Gasteiger partial charge in [-0.25, -0.2) is 0 Å². The number of hydrogen-bond donors (Lipinski definition) is 2. The maximum Gasteiger partial charge on any atom is 0.259 e. The van der Waals surface area contributed by atoms with Crippen molar-refractivity contribution in [1.29, 1.82) is 5.41 Å². The highest BCUT2D eigenvalue weighted by Crippen LogP contribution is 2.49. The molecular formula is C25H29ClN4O. The minimum absolute atomic E-state index is 0.0257. The fourth-order valence-electron chi connectivity index (χ4n) is 5.15. The summed E-state index contributed by atoms with van der Waals surface area (Å²) in [6, 6.07) is 15.9. The van der Waals surface area contributed by atoms with Gasteiger partial charge in [-0.1, -0.05) is 48.0 Å². The molecule has 3 aliphatic rings. The summed E-state index contributed by atoms with van der Waals surface area (Å²) in [4.78, 5) is 17.9. The standard InChI is InChI=1S/C25H29ClN4O/c26-22-10-2-1-9-21(22)18-7-5-8-20(17-18)25(19-11-12-19)23(31)30(24(27)28-25)16-6-15-29-13-3-4-14-29/h1-2,5,7-10,17,19H,3-4,6,11-16H2,(H2,27,28). The lowest BCUT2D eigenvalue weighted by Gasteiger charge is -2.28. The maximum absolute atomic E-state index is 13.7. The van der Waals surface area contributed by atoms with E-state index in [1.165, 1.54) is 12.8 Å². The Morgan fingerprint density at radius 1 is 1.06 bits per heavy atom. The van der Waals surface area contributed by atoms with E-state index in [0.717, 1.165) is 55.6 Å². The molecule has 2 heterocycles. The van der Waals surface area contributed by atoms with E-state index < -0.39 is 5.54 Å². The Morgan fingerprint density at radius 3 is 2.58 bits per heavy atom. The first-order valence-corrected chi connectivity index (χ1v) is 11.7. The van der Waals surface area contributed by atoms with Gasteiger partial charge in [0.1, 0.15) is 5.54 Å². The molecule has 1 atom stereocenters. The van der Waals surface area contributed by atoms with Gasteiger partial charge < -0.3 is 10.2 Å². The van der Waals surface area contributed by atoms with E-state index in [-0.39, 0.29) is 17.8 Å². The van der Waals surface area contributed by atoms with Crippen LogP contribution in [-0.4, -0.2) is 47.8 Å². The van der Waals surface area contributed by atoms with E-state index in [1.54, 1.807) is 4.90 Å².